The van der Waals surface area contributed by atoms with E-state index in [9.17, 15) is 4.79 Å². The van der Waals surface area contributed by atoms with Gasteiger partial charge in [0.15, 0.2) is 0 Å². The summed E-state index contributed by atoms with van der Waals surface area (Å²) in [5.41, 5.74) is 2.73. The molecule has 2 heterocycles. The number of carbonyl (C=O) groups excluding carboxylic acids is 1. The Balaban J connectivity index is 1.27. The first-order valence-corrected chi connectivity index (χ1v) is 10.8. The van der Waals surface area contributed by atoms with E-state index in [2.05, 4.69) is 51.6 Å². The summed E-state index contributed by atoms with van der Waals surface area (Å²) in [5.74, 6) is 0.926. The number of hydrogen-bond donors (Lipinski definition) is 0. The molecule has 2 aromatic rings. The van der Waals surface area contributed by atoms with Crippen LogP contribution in [0.3, 0.4) is 0 Å². The highest BCUT2D eigenvalue weighted by molar-refractivity contribution is 7.12. The Labute approximate surface area is 160 Å². The molecular weight excluding hydrogens is 340 g/mol. The monoisotopic (exact) mass is 368 g/mol. The van der Waals surface area contributed by atoms with Gasteiger partial charge in [-0.3, -0.25) is 4.79 Å². The molecule has 1 saturated heterocycles. The summed E-state index contributed by atoms with van der Waals surface area (Å²) >= 11 is 1.63. The molecule has 1 aliphatic carbocycles. The minimum absolute atomic E-state index is 0.271. The van der Waals surface area contributed by atoms with E-state index < -0.39 is 0 Å². The van der Waals surface area contributed by atoms with Gasteiger partial charge in [-0.25, -0.2) is 0 Å². The van der Waals surface area contributed by atoms with Crippen molar-refractivity contribution in [2.75, 3.05) is 32.7 Å². The topological polar surface area (TPSA) is 23.6 Å². The first-order valence-electron chi connectivity index (χ1n) is 9.94. The van der Waals surface area contributed by atoms with Gasteiger partial charge in [-0.15, -0.1) is 11.3 Å². The Morgan fingerprint density at radius 1 is 1.04 bits per heavy atom. The summed E-state index contributed by atoms with van der Waals surface area (Å²) in [6, 6.07) is 12.9. The van der Waals surface area contributed by atoms with Crippen LogP contribution in [0.4, 0.5) is 0 Å². The fraction of sp³-hybridized carbons (Fsp3) is 0.500. The predicted molar refractivity (Wildman–Crippen MR) is 108 cm³/mol. The Kier molecular flexibility index (Phi) is 5.71. The molecule has 0 atom stereocenters. The molecule has 2 fully saturated rings. The van der Waals surface area contributed by atoms with Gasteiger partial charge in [-0.2, -0.15) is 0 Å². The van der Waals surface area contributed by atoms with Gasteiger partial charge in [-0.05, 0) is 73.7 Å². The van der Waals surface area contributed by atoms with Gasteiger partial charge in [-0.1, -0.05) is 30.3 Å². The molecule has 1 amide bonds. The van der Waals surface area contributed by atoms with Crippen molar-refractivity contribution >= 4 is 17.2 Å². The SMILES string of the molecule is O=C(c1sccc1C1CC1)N1CCCN(CCCc2ccccc2)CC1. The maximum atomic E-state index is 13.0. The van der Waals surface area contributed by atoms with E-state index in [-0.39, 0.29) is 5.91 Å². The molecule has 138 valence electrons. The first-order chi connectivity index (χ1) is 12.8. The predicted octanol–water partition coefficient (Wildman–Crippen LogP) is 4.41. The fourth-order valence-corrected chi connectivity index (χ4v) is 4.85. The summed E-state index contributed by atoms with van der Waals surface area (Å²) in [5, 5.41) is 2.09. The van der Waals surface area contributed by atoms with Crippen LogP contribution in [-0.4, -0.2) is 48.4 Å². The average Bonchev–Trinajstić information content (AvgIpc) is 3.45. The van der Waals surface area contributed by atoms with Crippen molar-refractivity contribution in [2.45, 2.75) is 38.0 Å². The number of rotatable bonds is 6. The number of amides is 1. The lowest BCUT2D eigenvalue weighted by Crippen LogP contribution is -2.35. The summed E-state index contributed by atoms with van der Waals surface area (Å²) in [6.45, 7) is 5.01. The number of aryl methyl sites for hydroxylation is 1. The molecule has 0 N–H and O–H groups in total. The first kappa shape index (κ1) is 17.7. The van der Waals surface area contributed by atoms with Crippen LogP contribution < -0.4 is 0 Å². The average molecular weight is 369 g/mol. The van der Waals surface area contributed by atoms with Crippen molar-refractivity contribution < 1.29 is 4.79 Å². The van der Waals surface area contributed by atoms with Gasteiger partial charge < -0.3 is 9.80 Å². The van der Waals surface area contributed by atoms with E-state index in [4.69, 9.17) is 0 Å². The van der Waals surface area contributed by atoms with E-state index in [0.717, 1.165) is 50.4 Å². The van der Waals surface area contributed by atoms with Crippen LogP contribution in [-0.2, 0) is 6.42 Å². The molecule has 2 aliphatic rings. The zero-order valence-corrected chi connectivity index (χ0v) is 16.2. The van der Waals surface area contributed by atoms with Crippen molar-refractivity contribution in [1.82, 2.24) is 9.80 Å². The van der Waals surface area contributed by atoms with Crippen LogP contribution >= 0.6 is 11.3 Å². The van der Waals surface area contributed by atoms with E-state index in [1.54, 1.807) is 11.3 Å². The minimum Gasteiger partial charge on any atom is -0.337 e. The number of nitrogens with zero attached hydrogens (tertiary/aromatic N) is 2. The second-order valence-corrected chi connectivity index (χ2v) is 8.47. The zero-order valence-electron chi connectivity index (χ0n) is 15.4. The molecule has 1 saturated carbocycles. The molecule has 0 bridgehead atoms. The maximum Gasteiger partial charge on any atom is 0.264 e. The van der Waals surface area contributed by atoms with Crippen LogP contribution in [0.15, 0.2) is 41.8 Å². The molecule has 0 radical (unpaired) electrons. The van der Waals surface area contributed by atoms with Crippen molar-refractivity contribution in [3.8, 4) is 0 Å². The second kappa shape index (κ2) is 8.36. The third-order valence-electron chi connectivity index (χ3n) is 5.57. The van der Waals surface area contributed by atoms with Crippen LogP contribution in [0.25, 0.3) is 0 Å². The minimum atomic E-state index is 0.271. The number of thiophene rings is 1. The molecule has 26 heavy (non-hydrogen) atoms. The smallest absolute Gasteiger partial charge is 0.264 e. The van der Waals surface area contributed by atoms with Gasteiger partial charge in [0.1, 0.15) is 0 Å². The molecule has 1 aliphatic heterocycles. The molecule has 1 aromatic heterocycles. The van der Waals surface area contributed by atoms with Crippen LogP contribution in [0, 0.1) is 0 Å². The van der Waals surface area contributed by atoms with Gasteiger partial charge in [0.25, 0.3) is 5.91 Å². The standard InChI is InChI=1S/C22H28N2OS/c25-22(21-20(11-17-26-21)19-9-10-19)24-14-5-13-23(15-16-24)12-4-8-18-6-2-1-3-7-18/h1-3,6-7,11,17,19H,4-5,8-10,12-16H2. The van der Waals surface area contributed by atoms with Crippen molar-refractivity contribution in [1.29, 1.82) is 0 Å². The highest BCUT2D eigenvalue weighted by atomic mass is 32.1. The molecular formula is C22H28N2OS. The molecule has 4 heteroatoms. The van der Waals surface area contributed by atoms with E-state index in [1.165, 1.54) is 30.4 Å². The number of benzene rings is 1. The molecule has 3 nitrogen and oxygen atoms in total. The molecule has 1 aromatic carbocycles. The highest BCUT2D eigenvalue weighted by Gasteiger charge is 2.31. The lowest BCUT2D eigenvalue weighted by molar-refractivity contribution is 0.0765. The maximum absolute atomic E-state index is 13.0. The van der Waals surface area contributed by atoms with Crippen LogP contribution in [0.2, 0.25) is 0 Å². The van der Waals surface area contributed by atoms with Gasteiger partial charge in [0, 0.05) is 19.6 Å². The van der Waals surface area contributed by atoms with Crippen molar-refractivity contribution in [2.24, 2.45) is 0 Å². The largest absolute Gasteiger partial charge is 0.337 e. The van der Waals surface area contributed by atoms with Crippen molar-refractivity contribution in [3.05, 3.63) is 57.8 Å². The third-order valence-corrected chi connectivity index (χ3v) is 6.48. The molecule has 0 unspecified atom stereocenters. The lowest BCUT2D eigenvalue weighted by Gasteiger charge is -2.22. The van der Waals surface area contributed by atoms with Gasteiger partial charge in [0.05, 0.1) is 4.88 Å². The zero-order chi connectivity index (χ0) is 17.8. The summed E-state index contributed by atoms with van der Waals surface area (Å²) in [7, 11) is 0. The van der Waals surface area contributed by atoms with Crippen LogP contribution in [0.1, 0.15) is 52.4 Å². The Hall–Kier alpha value is -1.65. The highest BCUT2D eigenvalue weighted by Crippen LogP contribution is 2.43. The van der Waals surface area contributed by atoms with Crippen molar-refractivity contribution in [3.63, 3.8) is 0 Å². The molecule has 0 spiro atoms. The van der Waals surface area contributed by atoms with Gasteiger partial charge in [0.2, 0.25) is 0 Å². The van der Waals surface area contributed by atoms with E-state index in [1.807, 2.05) is 0 Å². The lowest BCUT2D eigenvalue weighted by atomic mass is 10.1. The Morgan fingerprint density at radius 3 is 2.69 bits per heavy atom. The number of carbonyl (C=O) groups is 1. The quantitative estimate of drug-likeness (QED) is 0.754. The van der Waals surface area contributed by atoms with E-state index in [0.29, 0.717) is 5.92 Å². The van der Waals surface area contributed by atoms with Crippen LogP contribution in [0.5, 0.6) is 0 Å². The second-order valence-electron chi connectivity index (χ2n) is 7.56. The number of hydrogen-bond acceptors (Lipinski definition) is 3. The fourth-order valence-electron chi connectivity index (χ4n) is 3.90. The molecule has 4 rings (SSSR count). The summed E-state index contributed by atoms with van der Waals surface area (Å²) < 4.78 is 0. The normalized spacial score (nSPS) is 18.7. The third kappa shape index (κ3) is 4.36. The Bertz CT molecular complexity index is 723. The summed E-state index contributed by atoms with van der Waals surface area (Å²) in [4.78, 5) is 18.6. The van der Waals surface area contributed by atoms with Gasteiger partial charge >= 0.3 is 0 Å². The van der Waals surface area contributed by atoms with E-state index >= 15 is 0 Å². The Morgan fingerprint density at radius 2 is 1.88 bits per heavy atom. The summed E-state index contributed by atoms with van der Waals surface area (Å²) in [6.07, 6.45) is 5.92.